The molecule has 1 N–H and O–H groups in total. The van der Waals surface area contributed by atoms with Gasteiger partial charge < -0.3 is 10.1 Å². The third-order valence-corrected chi connectivity index (χ3v) is 3.27. The van der Waals surface area contributed by atoms with Crippen molar-refractivity contribution < 1.29 is 9.53 Å². The predicted octanol–water partition coefficient (Wildman–Crippen LogP) is 2.79. The van der Waals surface area contributed by atoms with Crippen LogP contribution in [0.25, 0.3) is 0 Å². The molecule has 0 fully saturated rings. The maximum absolute atomic E-state index is 12.2. The van der Waals surface area contributed by atoms with E-state index in [1.54, 1.807) is 30.5 Å². The van der Waals surface area contributed by atoms with Gasteiger partial charge in [-0.3, -0.25) is 9.48 Å². The van der Waals surface area contributed by atoms with Crippen LogP contribution in [-0.4, -0.2) is 22.3 Å². The summed E-state index contributed by atoms with van der Waals surface area (Å²) in [6, 6.07) is 8.98. The van der Waals surface area contributed by atoms with E-state index in [-0.39, 0.29) is 11.9 Å². The summed E-state index contributed by atoms with van der Waals surface area (Å²) < 4.78 is 7.25. The lowest BCUT2D eigenvalue weighted by molar-refractivity contribution is 0.0938. The molecule has 0 bridgehead atoms. The highest BCUT2D eigenvalue weighted by Gasteiger charge is 2.14. The van der Waals surface area contributed by atoms with Crippen molar-refractivity contribution in [3.05, 3.63) is 47.8 Å². The van der Waals surface area contributed by atoms with Crippen LogP contribution in [0, 0.1) is 0 Å². The maximum Gasteiger partial charge on any atom is 0.251 e. The van der Waals surface area contributed by atoms with Gasteiger partial charge in [-0.25, -0.2) is 0 Å². The van der Waals surface area contributed by atoms with Gasteiger partial charge in [-0.2, -0.15) is 5.10 Å². The molecule has 5 heteroatoms. The molecule has 1 heterocycles. The Balaban J connectivity index is 2.03. The molecule has 0 aliphatic rings. The van der Waals surface area contributed by atoms with Crippen LogP contribution >= 0.6 is 0 Å². The number of ether oxygens (including phenoxy) is 1. The van der Waals surface area contributed by atoms with E-state index in [9.17, 15) is 4.79 Å². The fourth-order valence-electron chi connectivity index (χ4n) is 2.20. The largest absolute Gasteiger partial charge is 0.494 e. The van der Waals surface area contributed by atoms with Gasteiger partial charge in [0.25, 0.3) is 5.91 Å². The van der Waals surface area contributed by atoms with Crippen molar-refractivity contribution in [2.75, 3.05) is 6.61 Å². The molecular formula is C16H21N3O2. The van der Waals surface area contributed by atoms with Crippen molar-refractivity contribution in [2.45, 2.75) is 33.4 Å². The number of aryl methyl sites for hydroxylation is 1. The number of hydrogen-bond acceptors (Lipinski definition) is 3. The van der Waals surface area contributed by atoms with Crippen LogP contribution in [0.15, 0.2) is 36.5 Å². The highest BCUT2D eigenvalue weighted by atomic mass is 16.5. The third-order valence-electron chi connectivity index (χ3n) is 3.27. The van der Waals surface area contributed by atoms with Gasteiger partial charge in [0, 0.05) is 18.3 Å². The number of nitrogens with one attached hydrogen (secondary N) is 1. The zero-order valence-electron chi connectivity index (χ0n) is 12.7. The van der Waals surface area contributed by atoms with Crippen LogP contribution in [-0.2, 0) is 6.54 Å². The van der Waals surface area contributed by atoms with Crippen molar-refractivity contribution in [1.29, 1.82) is 0 Å². The van der Waals surface area contributed by atoms with Crippen LogP contribution in [0.2, 0.25) is 0 Å². The number of benzene rings is 1. The van der Waals surface area contributed by atoms with E-state index < -0.39 is 0 Å². The quantitative estimate of drug-likeness (QED) is 0.889. The number of hydrogen-bond donors (Lipinski definition) is 1. The molecule has 21 heavy (non-hydrogen) atoms. The van der Waals surface area contributed by atoms with E-state index in [2.05, 4.69) is 10.4 Å². The number of nitrogens with zero attached hydrogens (tertiary/aromatic N) is 2. The minimum atomic E-state index is -0.102. The Labute approximate surface area is 124 Å². The average molecular weight is 287 g/mol. The van der Waals surface area contributed by atoms with Crippen molar-refractivity contribution in [1.82, 2.24) is 15.1 Å². The molecule has 2 rings (SSSR count). The summed E-state index contributed by atoms with van der Waals surface area (Å²) in [5.41, 5.74) is 1.62. The molecule has 1 amide bonds. The monoisotopic (exact) mass is 287 g/mol. The minimum Gasteiger partial charge on any atom is -0.494 e. The maximum atomic E-state index is 12.2. The van der Waals surface area contributed by atoms with E-state index in [1.807, 2.05) is 31.5 Å². The molecule has 1 atom stereocenters. The van der Waals surface area contributed by atoms with Gasteiger partial charge in [0.1, 0.15) is 5.75 Å². The topological polar surface area (TPSA) is 56.1 Å². The number of carbonyl (C=O) groups is 1. The lowest BCUT2D eigenvalue weighted by Gasteiger charge is -2.15. The molecule has 0 aliphatic heterocycles. The predicted molar refractivity (Wildman–Crippen MR) is 81.4 cm³/mol. The zero-order valence-corrected chi connectivity index (χ0v) is 12.7. The number of carbonyl (C=O) groups excluding carboxylic acids is 1. The molecule has 112 valence electrons. The average Bonchev–Trinajstić information content (AvgIpc) is 2.97. The van der Waals surface area contributed by atoms with Crippen LogP contribution in [0.1, 0.15) is 42.9 Å². The molecule has 2 aromatic rings. The minimum absolute atomic E-state index is 0.0912. The van der Waals surface area contributed by atoms with E-state index in [0.29, 0.717) is 12.2 Å². The lowest BCUT2D eigenvalue weighted by atomic mass is 10.1. The van der Waals surface area contributed by atoms with Crippen LogP contribution < -0.4 is 10.1 Å². The summed E-state index contributed by atoms with van der Waals surface area (Å²) in [5.74, 6) is 0.667. The Bertz CT molecular complexity index is 590. The fourth-order valence-corrected chi connectivity index (χ4v) is 2.20. The number of rotatable bonds is 6. The molecule has 5 nitrogen and oxygen atoms in total. The second-order valence-corrected chi connectivity index (χ2v) is 4.72. The first kappa shape index (κ1) is 15.1. The van der Waals surface area contributed by atoms with Gasteiger partial charge >= 0.3 is 0 Å². The molecule has 0 spiro atoms. The second kappa shape index (κ2) is 6.92. The number of amides is 1. The first-order valence-electron chi connectivity index (χ1n) is 7.21. The van der Waals surface area contributed by atoms with Gasteiger partial charge in [-0.1, -0.05) is 0 Å². The summed E-state index contributed by atoms with van der Waals surface area (Å²) >= 11 is 0. The first-order valence-corrected chi connectivity index (χ1v) is 7.21. The number of aromatic nitrogens is 2. The Morgan fingerprint density at radius 3 is 2.62 bits per heavy atom. The van der Waals surface area contributed by atoms with E-state index in [1.165, 1.54) is 0 Å². The smallest absolute Gasteiger partial charge is 0.251 e. The van der Waals surface area contributed by atoms with E-state index in [4.69, 9.17) is 4.74 Å². The van der Waals surface area contributed by atoms with Crippen LogP contribution in [0.4, 0.5) is 0 Å². The molecule has 0 saturated carbocycles. The van der Waals surface area contributed by atoms with Crippen molar-refractivity contribution in [2.24, 2.45) is 0 Å². The normalized spacial score (nSPS) is 12.0. The van der Waals surface area contributed by atoms with Gasteiger partial charge in [-0.15, -0.1) is 0 Å². The van der Waals surface area contributed by atoms with Crippen LogP contribution in [0.5, 0.6) is 5.75 Å². The van der Waals surface area contributed by atoms with E-state index >= 15 is 0 Å². The van der Waals surface area contributed by atoms with Crippen molar-refractivity contribution >= 4 is 5.91 Å². The lowest BCUT2D eigenvalue weighted by Crippen LogP contribution is -2.28. The Hall–Kier alpha value is -2.30. The van der Waals surface area contributed by atoms with Gasteiger partial charge in [0.15, 0.2) is 0 Å². The Morgan fingerprint density at radius 2 is 2.00 bits per heavy atom. The molecule has 0 saturated heterocycles. The molecule has 0 radical (unpaired) electrons. The second-order valence-electron chi connectivity index (χ2n) is 4.72. The third kappa shape index (κ3) is 3.62. The summed E-state index contributed by atoms with van der Waals surface area (Å²) in [6.07, 6.45) is 1.75. The Morgan fingerprint density at radius 1 is 1.29 bits per heavy atom. The summed E-state index contributed by atoms with van der Waals surface area (Å²) in [6.45, 7) is 7.31. The van der Waals surface area contributed by atoms with Crippen molar-refractivity contribution in [3.63, 3.8) is 0 Å². The SMILES string of the molecule is CCOc1ccc(C(=O)NC(C)c2ccnn2CC)cc1. The molecular weight excluding hydrogens is 266 g/mol. The fraction of sp³-hybridized carbons (Fsp3) is 0.375. The van der Waals surface area contributed by atoms with Gasteiger partial charge in [-0.05, 0) is 51.1 Å². The highest BCUT2D eigenvalue weighted by Crippen LogP contribution is 2.15. The standard InChI is InChI=1S/C16H21N3O2/c1-4-19-15(10-11-17-19)12(3)18-16(20)13-6-8-14(9-7-13)21-5-2/h6-12H,4-5H2,1-3H3,(H,18,20). The van der Waals surface area contributed by atoms with Crippen LogP contribution in [0.3, 0.4) is 0 Å². The first-order chi connectivity index (χ1) is 10.2. The van der Waals surface area contributed by atoms with Gasteiger partial charge in [0.05, 0.1) is 18.3 Å². The zero-order chi connectivity index (χ0) is 15.2. The van der Waals surface area contributed by atoms with Gasteiger partial charge in [0.2, 0.25) is 0 Å². The molecule has 1 aromatic heterocycles. The molecule has 1 unspecified atom stereocenters. The van der Waals surface area contributed by atoms with E-state index in [0.717, 1.165) is 18.0 Å². The molecule has 0 aliphatic carbocycles. The highest BCUT2D eigenvalue weighted by molar-refractivity contribution is 5.94. The summed E-state index contributed by atoms with van der Waals surface area (Å²) in [7, 11) is 0. The Kier molecular flexibility index (Phi) is 4.98. The summed E-state index contributed by atoms with van der Waals surface area (Å²) in [5, 5.41) is 7.20. The molecule has 1 aromatic carbocycles. The van der Waals surface area contributed by atoms with Crippen molar-refractivity contribution in [3.8, 4) is 5.75 Å². The summed E-state index contributed by atoms with van der Waals surface area (Å²) in [4.78, 5) is 12.2.